The second-order valence-electron chi connectivity index (χ2n) is 5.34. The number of hydrogen-bond donors (Lipinski definition) is 1. The lowest BCUT2D eigenvalue weighted by Gasteiger charge is -2.31. The summed E-state index contributed by atoms with van der Waals surface area (Å²) in [5.74, 6) is 0.304. The van der Waals surface area contributed by atoms with Gasteiger partial charge in [-0.3, -0.25) is 4.98 Å². The highest BCUT2D eigenvalue weighted by Crippen LogP contribution is 2.47. The van der Waals surface area contributed by atoms with Crippen molar-refractivity contribution in [3.05, 3.63) is 41.7 Å². The molecule has 3 rings (SSSR count). The number of alkyl halides is 3. The Bertz CT molecular complexity index is 817. The first-order chi connectivity index (χ1) is 11.3. The van der Waals surface area contributed by atoms with Crippen molar-refractivity contribution in [2.75, 3.05) is 18.6 Å². The van der Waals surface area contributed by atoms with Crippen LogP contribution in [-0.4, -0.2) is 24.5 Å². The number of nitrogens with two attached hydrogens (primary N) is 1. The van der Waals surface area contributed by atoms with E-state index in [1.807, 2.05) is 0 Å². The minimum absolute atomic E-state index is 0.0222. The van der Waals surface area contributed by atoms with Crippen LogP contribution in [0.15, 0.2) is 35.5 Å². The first-order valence-electron chi connectivity index (χ1n) is 7.12. The maximum absolute atomic E-state index is 13.2. The predicted molar refractivity (Wildman–Crippen MR) is 85.3 cm³/mol. The molecule has 24 heavy (non-hydrogen) atoms. The van der Waals surface area contributed by atoms with Crippen molar-refractivity contribution in [3.8, 4) is 5.75 Å². The molecule has 5 nitrogen and oxygen atoms in total. The number of aromatic nitrogens is 1. The molecule has 0 atom stereocenters. The molecule has 0 fully saturated rings. The van der Waals surface area contributed by atoms with Gasteiger partial charge in [-0.2, -0.15) is 13.2 Å². The number of aliphatic imine (C=N–C) groups is 1. The summed E-state index contributed by atoms with van der Waals surface area (Å²) < 4.78 is 44.7. The lowest BCUT2D eigenvalue weighted by molar-refractivity contribution is -0.137. The maximum Gasteiger partial charge on any atom is 0.416 e. The summed E-state index contributed by atoms with van der Waals surface area (Å²) in [6.45, 7) is 1.95. The molecule has 126 valence electrons. The van der Waals surface area contributed by atoms with Crippen LogP contribution in [-0.2, 0) is 6.18 Å². The lowest BCUT2D eigenvalue weighted by Crippen LogP contribution is -2.34. The molecule has 2 heterocycles. The Morgan fingerprint density at radius 1 is 1.25 bits per heavy atom. The number of methoxy groups -OCH3 is 1. The smallest absolute Gasteiger partial charge is 0.416 e. The third-order valence-corrected chi connectivity index (χ3v) is 3.74. The van der Waals surface area contributed by atoms with Gasteiger partial charge in [0.2, 0.25) is 0 Å². The molecule has 8 heteroatoms. The van der Waals surface area contributed by atoms with Crippen LogP contribution in [0.1, 0.15) is 11.3 Å². The van der Waals surface area contributed by atoms with Gasteiger partial charge in [0.25, 0.3) is 0 Å². The van der Waals surface area contributed by atoms with Crippen LogP contribution < -0.4 is 15.4 Å². The highest BCUT2D eigenvalue weighted by Gasteiger charge is 2.35. The van der Waals surface area contributed by atoms with Crippen molar-refractivity contribution < 1.29 is 17.9 Å². The molecule has 1 aromatic carbocycles. The fourth-order valence-corrected chi connectivity index (χ4v) is 2.63. The van der Waals surface area contributed by atoms with E-state index in [4.69, 9.17) is 10.5 Å². The zero-order valence-electron chi connectivity index (χ0n) is 13.1. The predicted octanol–water partition coefficient (Wildman–Crippen LogP) is 3.56. The molecule has 1 aromatic heterocycles. The van der Waals surface area contributed by atoms with Crippen molar-refractivity contribution >= 4 is 22.9 Å². The quantitative estimate of drug-likeness (QED) is 0.911. The van der Waals surface area contributed by atoms with Crippen LogP contribution in [0.3, 0.4) is 0 Å². The van der Waals surface area contributed by atoms with Gasteiger partial charge < -0.3 is 15.4 Å². The van der Waals surface area contributed by atoms with Crippen molar-refractivity contribution in [1.82, 2.24) is 4.98 Å². The van der Waals surface area contributed by atoms with E-state index in [1.165, 1.54) is 7.11 Å². The first kappa shape index (κ1) is 16.1. The van der Waals surface area contributed by atoms with Gasteiger partial charge in [0, 0.05) is 6.20 Å². The molecule has 0 bridgehead atoms. The van der Waals surface area contributed by atoms with Crippen LogP contribution in [0.4, 0.5) is 30.2 Å². The van der Waals surface area contributed by atoms with Crippen molar-refractivity contribution in [2.24, 2.45) is 10.7 Å². The van der Waals surface area contributed by atoms with Gasteiger partial charge in [0.1, 0.15) is 17.3 Å². The highest BCUT2D eigenvalue weighted by atomic mass is 19.4. The number of ether oxygens (including phenoxy) is 1. The van der Waals surface area contributed by atoms with E-state index in [9.17, 15) is 13.2 Å². The molecular weight excluding hydrogens is 321 g/mol. The van der Waals surface area contributed by atoms with E-state index < -0.39 is 11.7 Å². The third-order valence-electron chi connectivity index (χ3n) is 3.74. The van der Waals surface area contributed by atoms with Gasteiger partial charge in [-0.25, -0.2) is 4.99 Å². The number of anilines is 2. The second kappa shape index (κ2) is 5.70. The largest absolute Gasteiger partial charge is 0.494 e. The number of nitrogens with zero attached hydrogens (tertiary/aromatic N) is 3. The molecule has 1 aliphatic heterocycles. The minimum Gasteiger partial charge on any atom is -0.494 e. The number of halogens is 3. The Kier molecular flexibility index (Phi) is 3.82. The summed E-state index contributed by atoms with van der Waals surface area (Å²) in [6.07, 6.45) is -2.88. The molecule has 0 saturated heterocycles. The Labute approximate surface area is 136 Å². The maximum atomic E-state index is 13.2. The van der Waals surface area contributed by atoms with Gasteiger partial charge in [-0.1, -0.05) is 0 Å². The molecular formula is C16H15F3N4O. The fourth-order valence-electron chi connectivity index (χ4n) is 2.63. The van der Waals surface area contributed by atoms with Crippen molar-refractivity contribution in [1.29, 1.82) is 0 Å². The summed E-state index contributed by atoms with van der Waals surface area (Å²) in [5, 5.41) is 0. The highest BCUT2D eigenvalue weighted by molar-refractivity contribution is 5.98. The normalized spacial score (nSPS) is 14.2. The van der Waals surface area contributed by atoms with E-state index in [-0.39, 0.29) is 29.5 Å². The average molecular weight is 336 g/mol. The number of hydrogen-bond acceptors (Lipinski definition) is 5. The molecule has 0 radical (unpaired) electrons. The number of fused-ring (bicyclic) bond motifs is 1. The van der Waals surface area contributed by atoms with Crippen LogP contribution in [0.2, 0.25) is 0 Å². The van der Waals surface area contributed by atoms with E-state index in [0.717, 1.165) is 12.1 Å². The average Bonchev–Trinajstić information content (AvgIpc) is 2.52. The van der Waals surface area contributed by atoms with E-state index in [1.54, 1.807) is 30.2 Å². The number of amidine groups is 1. The molecule has 0 spiro atoms. The summed E-state index contributed by atoms with van der Waals surface area (Å²) >= 11 is 0. The first-order valence-corrected chi connectivity index (χ1v) is 7.12. The van der Waals surface area contributed by atoms with Crippen molar-refractivity contribution in [2.45, 2.75) is 13.1 Å². The van der Waals surface area contributed by atoms with E-state index in [0.29, 0.717) is 11.4 Å². The Morgan fingerprint density at radius 2 is 2.00 bits per heavy atom. The Balaban J connectivity index is 2.26. The number of benzene rings is 1. The van der Waals surface area contributed by atoms with Crippen LogP contribution in [0.5, 0.6) is 5.75 Å². The lowest BCUT2D eigenvalue weighted by atomic mass is 10.1. The summed E-state index contributed by atoms with van der Waals surface area (Å²) in [4.78, 5) is 10.0. The van der Waals surface area contributed by atoms with Gasteiger partial charge in [-0.15, -0.1) is 0 Å². The Morgan fingerprint density at radius 3 is 2.62 bits per heavy atom. The molecule has 0 aliphatic carbocycles. The molecule has 0 unspecified atom stereocenters. The minimum atomic E-state index is -4.50. The van der Waals surface area contributed by atoms with Gasteiger partial charge in [-0.05, 0) is 31.2 Å². The molecule has 2 aromatic rings. The van der Waals surface area contributed by atoms with Crippen LogP contribution in [0, 0.1) is 6.92 Å². The molecule has 0 saturated carbocycles. The van der Waals surface area contributed by atoms with Crippen molar-refractivity contribution in [3.63, 3.8) is 0 Å². The van der Waals surface area contributed by atoms with E-state index >= 15 is 0 Å². The number of rotatable bonds is 2. The number of pyridine rings is 1. The number of aryl methyl sites for hydroxylation is 1. The zero-order valence-corrected chi connectivity index (χ0v) is 13.1. The summed E-state index contributed by atoms with van der Waals surface area (Å²) in [6, 6.07) is 5.47. The molecule has 0 amide bonds. The van der Waals surface area contributed by atoms with Crippen LogP contribution in [0.25, 0.3) is 0 Å². The monoisotopic (exact) mass is 336 g/mol. The second-order valence-corrected chi connectivity index (χ2v) is 5.34. The standard InChI is InChI=1S/C16H15F3N4O/c1-9-11(4-3-5-21-9)23-8-14(20)22-15-12(23)6-10(16(17,18)19)7-13(15)24-2/h3-7H,8H2,1-2H3,(H2,20,22). The molecule has 1 aliphatic rings. The van der Waals surface area contributed by atoms with Crippen LogP contribution >= 0.6 is 0 Å². The third kappa shape index (κ3) is 2.75. The summed E-state index contributed by atoms with van der Waals surface area (Å²) in [7, 11) is 1.30. The SMILES string of the molecule is COc1cc(C(F)(F)F)cc2c1N=C(N)CN2c1cccnc1C. The Hall–Kier alpha value is -2.77. The van der Waals surface area contributed by atoms with Gasteiger partial charge in [0.05, 0.1) is 36.3 Å². The van der Waals surface area contributed by atoms with E-state index in [2.05, 4.69) is 9.98 Å². The topological polar surface area (TPSA) is 63.7 Å². The zero-order chi connectivity index (χ0) is 17.5. The molecule has 2 N–H and O–H groups in total. The van der Waals surface area contributed by atoms with Gasteiger partial charge in [0.15, 0.2) is 0 Å². The fraction of sp³-hybridized carbons (Fsp3) is 0.250. The summed E-state index contributed by atoms with van der Waals surface area (Å²) in [5.41, 5.74) is 6.98. The van der Waals surface area contributed by atoms with Gasteiger partial charge >= 0.3 is 6.18 Å².